The van der Waals surface area contributed by atoms with Crippen molar-refractivity contribution in [1.29, 1.82) is 0 Å². The number of hydrogen-bond donors (Lipinski definition) is 2. The van der Waals surface area contributed by atoms with Crippen LogP contribution in [0.5, 0.6) is 5.75 Å². The molecule has 0 aliphatic carbocycles. The second-order valence-electron chi connectivity index (χ2n) is 3.14. The Kier molecular flexibility index (Phi) is 5.13. The van der Waals surface area contributed by atoms with Crippen LogP contribution in [-0.2, 0) is 0 Å². The average molecular weight is 251 g/mol. The number of benzene rings is 1. The summed E-state index contributed by atoms with van der Waals surface area (Å²) in [5.41, 5.74) is 5.23. The van der Waals surface area contributed by atoms with Crippen LogP contribution in [0.15, 0.2) is 12.1 Å². The summed E-state index contributed by atoms with van der Waals surface area (Å²) in [6, 6.07) is 1.15. The first-order chi connectivity index (χ1) is 6.97. The molecule has 90 valence electrons. The number of nitrogens with zero attached hydrogens (tertiary/aromatic N) is 1. The number of nitrogens with two attached hydrogens (primary N) is 1. The summed E-state index contributed by atoms with van der Waals surface area (Å²) in [4.78, 5) is 9.72. The molecule has 1 rings (SSSR count). The topological polar surface area (TPSA) is 89.4 Å². The highest BCUT2D eigenvalue weighted by molar-refractivity contribution is 5.85. The molecule has 0 unspecified atom stereocenters. The zero-order chi connectivity index (χ0) is 11.6. The molecule has 3 N–H and O–H groups in total. The molecule has 0 saturated carbocycles. The molecule has 0 heterocycles. The van der Waals surface area contributed by atoms with Crippen molar-refractivity contribution >= 4 is 18.1 Å². The highest BCUT2D eigenvalue weighted by Gasteiger charge is 2.19. The van der Waals surface area contributed by atoms with Crippen molar-refractivity contribution in [1.82, 2.24) is 0 Å². The van der Waals surface area contributed by atoms with Crippen LogP contribution in [0.3, 0.4) is 0 Å². The lowest BCUT2D eigenvalue weighted by atomic mass is 10.0. The number of phenolic OH excluding ortho intramolecular Hbond substituents is 1. The van der Waals surface area contributed by atoms with E-state index in [1.54, 1.807) is 6.92 Å². The predicted octanol–water partition coefficient (Wildman–Crippen LogP) is 2.27. The van der Waals surface area contributed by atoms with Crippen LogP contribution in [-0.4, -0.2) is 10.0 Å². The van der Waals surface area contributed by atoms with Crippen LogP contribution >= 0.6 is 12.4 Å². The lowest BCUT2D eigenvalue weighted by Crippen LogP contribution is -2.10. The molecule has 0 aliphatic heterocycles. The zero-order valence-corrected chi connectivity index (χ0v) is 9.33. The summed E-state index contributed by atoms with van der Waals surface area (Å²) in [5, 5.41) is 19.8. The number of rotatable bonds is 3. The van der Waals surface area contributed by atoms with E-state index in [0.717, 1.165) is 6.07 Å². The number of halogens is 2. The van der Waals surface area contributed by atoms with Crippen LogP contribution in [0.4, 0.5) is 10.1 Å². The summed E-state index contributed by atoms with van der Waals surface area (Å²) >= 11 is 0. The van der Waals surface area contributed by atoms with E-state index in [-0.39, 0.29) is 18.0 Å². The molecule has 0 bridgehead atoms. The Morgan fingerprint density at radius 1 is 1.62 bits per heavy atom. The van der Waals surface area contributed by atoms with Gasteiger partial charge in [0.2, 0.25) is 0 Å². The van der Waals surface area contributed by atoms with Crippen molar-refractivity contribution in [3.8, 4) is 5.75 Å². The maximum atomic E-state index is 13.1. The van der Waals surface area contributed by atoms with Gasteiger partial charge in [0.05, 0.1) is 11.0 Å². The maximum Gasteiger partial charge on any atom is 0.272 e. The monoisotopic (exact) mass is 250 g/mol. The second-order valence-corrected chi connectivity index (χ2v) is 3.14. The number of nitro benzene ring substituents is 1. The Hall–Kier alpha value is -1.40. The van der Waals surface area contributed by atoms with Gasteiger partial charge in [0, 0.05) is 17.7 Å². The van der Waals surface area contributed by atoms with E-state index in [1.807, 2.05) is 0 Å². The van der Waals surface area contributed by atoms with Gasteiger partial charge in [0.1, 0.15) is 0 Å². The van der Waals surface area contributed by atoms with Gasteiger partial charge in [-0.2, -0.15) is 0 Å². The lowest BCUT2D eigenvalue weighted by Gasteiger charge is -2.11. The average Bonchev–Trinajstić information content (AvgIpc) is 2.20. The molecular weight excluding hydrogens is 239 g/mol. The summed E-state index contributed by atoms with van der Waals surface area (Å²) in [7, 11) is 0. The Bertz CT molecular complexity index is 401. The molecule has 0 aromatic heterocycles. The van der Waals surface area contributed by atoms with E-state index in [0.29, 0.717) is 12.5 Å². The minimum atomic E-state index is -1.02. The van der Waals surface area contributed by atoms with Gasteiger partial charge in [-0.25, -0.2) is 4.39 Å². The molecular formula is C9H12ClFN2O3. The molecule has 0 amide bonds. The first kappa shape index (κ1) is 14.6. The third kappa shape index (κ3) is 2.80. The van der Waals surface area contributed by atoms with E-state index < -0.39 is 28.2 Å². The number of aromatic hydroxyl groups is 1. The van der Waals surface area contributed by atoms with E-state index in [9.17, 15) is 19.6 Å². The Morgan fingerprint density at radius 3 is 2.62 bits per heavy atom. The normalized spacial score (nSPS) is 11.7. The van der Waals surface area contributed by atoms with Gasteiger partial charge in [0.15, 0.2) is 11.6 Å². The van der Waals surface area contributed by atoms with Gasteiger partial charge >= 0.3 is 0 Å². The molecule has 0 saturated heterocycles. The molecule has 0 fully saturated rings. The fourth-order valence-electron chi connectivity index (χ4n) is 1.21. The highest BCUT2D eigenvalue weighted by atomic mass is 35.5. The molecule has 1 aromatic carbocycles. The van der Waals surface area contributed by atoms with Gasteiger partial charge in [0.25, 0.3) is 5.69 Å². The molecule has 0 spiro atoms. The first-order valence-corrected chi connectivity index (χ1v) is 4.39. The lowest BCUT2D eigenvalue weighted by molar-refractivity contribution is -0.385. The predicted molar refractivity (Wildman–Crippen MR) is 59.2 cm³/mol. The SMILES string of the molecule is CC[C@H](N)c1cc([N+](=O)[O-])cc(F)c1O.Cl. The Morgan fingerprint density at radius 2 is 2.19 bits per heavy atom. The maximum absolute atomic E-state index is 13.1. The smallest absolute Gasteiger partial charge is 0.272 e. The molecule has 0 aliphatic rings. The van der Waals surface area contributed by atoms with Crippen LogP contribution in [0.2, 0.25) is 0 Å². The van der Waals surface area contributed by atoms with Gasteiger partial charge < -0.3 is 10.8 Å². The van der Waals surface area contributed by atoms with Gasteiger partial charge in [-0.3, -0.25) is 10.1 Å². The standard InChI is InChI=1S/C9H11FN2O3.ClH/c1-2-8(11)6-3-5(12(14)15)4-7(10)9(6)13;/h3-4,8,13H,2,11H2,1H3;1H/t8-;/m0./s1. The number of non-ortho nitro benzene ring substituents is 1. The fourth-order valence-corrected chi connectivity index (χ4v) is 1.21. The van der Waals surface area contributed by atoms with Crippen molar-refractivity contribution in [2.45, 2.75) is 19.4 Å². The molecule has 5 nitrogen and oxygen atoms in total. The van der Waals surface area contributed by atoms with E-state index >= 15 is 0 Å². The molecule has 1 atom stereocenters. The van der Waals surface area contributed by atoms with Crippen LogP contribution in [0, 0.1) is 15.9 Å². The van der Waals surface area contributed by atoms with E-state index in [4.69, 9.17) is 5.73 Å². The number of phenols is 1. The third-order valence-electron chi connectivity index (χ3n) is 2.13. The summed E-state index contributed by atoms with van der Waals surface area (Å²) in [5.74, 6) is -1.64. The summed E-state index contributed by atoms with van der Waals surface area (Å²) in [6.07, 6.45) is 0.453. The molecule has 0 radical (unpaired) electrons. The van der Waals surface area contributed by atoms with Crippen LogP contribution in [0.25, 0.3) is 0 Å². The minimum Gasteiger partial charge on any atom is -0.505 e. The van der Waals surface area contributed by atoms with Crippen LogP contribution in [0.1, 0.15) is 24.9 Å². The first-order valence-electron chi connectivity index (χ1n) is 4.39. The van der Waals surface area contributed by atoms with E-state index in [2.05, 4.69) is 0 Å². The van der Waals surface area contributed by atoms with Crippen LogP contribution < -0.4 is 5.73 Å². The Balaban J connectivity index is 0.00000225. The molecule has 1 aromatic rings. The largest absolute Gasteiger partial charge is 0.505 e. The summed E-state index contributed by atoms with van der Waals surface area (Å²) in [6.45, 7) is 1.74. The zero-order valence-electron chi connectivity index (χ0n) is 8.51. The molecule has 16 heavy (non-hydrogen) atoms. The molecule has 7 heteroatoms. The third-order valence-corrected chi connectivity index (χ3v) is 2.13. The second kappa shape index (κ2) is 5.62. The summed E-state index contributed by atoms with van der Waals surface area (Å²) < 4.78 is 13.1. The van der Waals surface area contributed by atoms with Crippen molar-refractivity contribution in [3.05, 3.63) is 33.6 Å². The van der Waals surface area contributed by atoms with Gasteiger partial charge in [-0.15, -0.1) is 12.4 Å². The fraction of sp³-hybridized carbons (Fsp3) is 0.333. The van der Waals surface area contributed by atoms with Gasteiger partial charge in [-0.05, 0) is 6.42 Å². The van der Waals surface area contributed by atoms with Crippen molar-refractivity contribution in [2.75, 3.05) is 0 Å². The quantitative estimate of drug-likeness (QED) is 0.636. The number of nitro groups is 1. The highest BCUT2D eigenvalue weighted by Crippen LogP contribution is 2.31. The Labute approximate surface area is 97.6 Å². The number of hydrogen-bond acceptors (Lipinski definition) is 4. The van der Waals surface area contributed by atoms with Crippen molar-refractivity contribution in [3.63, 3.8) is 0 Å². The minimum absolute atomic E-state index is 0. The van der Waals surface area contributed by atoms with Gasteiger partial charge in [-0.1, -0.05) is 6.92 Å². The van der Waals surface area contributed by atoms with Crippen molar-refractivity contribution in [2.24, 2.45) is 5.73 Å². The van der Waals surface area contributed by atoms with E-state index in [1.165, 1.54) is 0 Å². The van der Waals surface area contributed by atoms with Crippen molar-refractivity contribution < 1.29 is 14.4 Å².